The maximum Gasteiger partial charge on any atom is 0.272 e. The topological polar surface area (TPSA) is 50.7 Å². The zero-order valence-corrected chi connectivity index (χ0v) is 9.34. The van der Waals surface area contributed by atoms with Crippen molar-refractivity contribution in [3.05, 3.63) is 53.2 Å². The average molecular weight is 225 g/mol. The minimum absolute atomic E-state index is 0.0693. The van der Waals surface area contributed by atoms with Crippen molar-refractivity contribution in [3.8, 4) is 11.3 Å². The molecule has 0 atom stereocenters. The molecule has 0 aliphatic carbocycles. The Bertz CT molecular complexity index is 725. The van der Waals surface area contributed by atoms with Crippen LogP contribution in [0.2, 0.25) is 0 Å². The van der Waals surface area contributed by atoms with Gasteiger partial charge in [-0.15, -0.1) is 0 Å². The van der Waals surface area contributed by atoms with Gasteiger partial charge in [0, 0.05) is 36.6 Å². The van der Waals surface area contributed by atoms with E-state index < -0.39 is 0 Å². The van der Waals surface area contributed by atoms with E-state index in [1.807, 2.05) is 35.9 Å². The van der Waals surface area contributed by atoms with E-state index in [0.717, 1.165) is 16.6 Å². The van der Waals surface area contributed by atoms with Crippen LogP contribution in [0.5, 0.6) is 0 Å². The van der Waals surface area contributed by atoms with Gasteiger partial charge in [-0.3, -0.25) is 9.78 Å². The van der Waals surface area contributed by atoms with Gasteiger partial charge in [0.2, 0.25) is 0 Å². The van der Waals surface area contributed by atoms with Crippen LogP contribution in [0.3, 0.4) is 0 Å². The first-order valence-electron chi connectivity index (χ1n) is 5.35. The zero-order chi connectivity index (χ0) is 11.8. The Balaban J connectivity index is 2.37. The second-order valence-corrected chi connectivity index (χ2v) is 3.94. The molecule has 0 saturated heterocycles. The molecule has 3 aromatic heterocycles. The van der Waals surface area contributed by atoms with E-state index in [2.05, 4.69) is 9.97 Å². The van der Waals surface area contributed by atoms with Gasteiger partial charge in [-0.05, 0) is 24.3 Å². The fraction of sp³-hybridized carbons (Fsp3) is 0.0769. The molecule has 84 valence electrons. The lowest BCUT2D eigenvalue weighted by Gasteiger charge is -2.02. The standard InChI is InChI=1S/C13H11N3O/c1-16-11(10-3-2-5-14-8-10)7-9-4-6-15-13(17)12(9)16/h2-8H,1H3,(H,15,17). The largest absolute Gasteiger partial charge is 0.339 e. The Morgan fingerprint density at radius 1 is 1.35 bits per heavy atom. The molecule has 0 aromatic carbocycles. The van der Waals surface area contributed by atoms with Gasteiger partial charge >= 0.3 is 0 Å². The molecule has 3 heterocycles. The van der Waals surface area contributed by atoms with Gasteiger partial charge in [-0.2, -0.15) is 0 Å². The van der Waals surface area contributed by atoms with Gasteiger partial charge in [0.25, 0.3) is 5.56 Å². The number of hydrogen-bond donors (Lipinski definition) is 1. The highest BCUT2D eigenvalue weighted by atomic mass is 16.1. The first-order valence-corrected chi connectivity index (χ1v) is 5.35. The molecule has 3 aromatic rings. The third-order valence-corrected chi connectivity index (χ3v) is 2.91. The SMILES string of the molecule is Cn1c(-c2cccnc2)cc2cc[nH]c(=O)c21. The highest BCUT2D eigenvalue weighted by Gasteiger charge is 2.09. The molecule has 0 aliphatic heterocycles. The minimum Gasteiger partial charge on any atom is -0.339 e. The van der Waals surface area contributed by atoms with Crippen LogP contribution in [0, 0.1) is 0 Å². The molecule has 0 unspecified atom stereocenters. The van der Waals surface area contributed by atoms with Crippen molar-refractivity contribution in [3.63, 3.8) is 0 Å². The third-order valence-electron chi connectivity index (χ3n) is 2.91. The summed E-state index contributed by atoms with van der Waals surface area (Å²) in [5.41, 5.74) is 2.61. The lowest BCUT2D eigenvalue weighted by molar-refractivity contribution is 0.965. The molecule has 0 fully saturated rings. The Hall–Kier alpha value is -2.36. The molecule has 4 nitrogen and oxygen atoms in total. The van der Waals surface area contributed by atoms with Crippen LogP contribution in [-0.4, -0.2) is 14.5 Å². The number of pyridine rings is 2. The molecule has 0 bridgehead atoms. The number of nitrogens with one attached hydrogen (secondary N) is 1. The molecule has 17 heavy (non-hydrogen) atoms. The van der Waals surface area contributed by atoms with Gasteiger partial charge in [0.15, 0.2) is 0 Å². The minimum atomic E-state index is -0.0693. The zero-order valence-electron chi connectivity index (χ0n) is 9.34. The van der Waals surface area contributed by atoms with Crippen LogP contribution < -0.4 is 5.56 Å². The predicted molar refractivity (Wildman–Crippen MR) is 66.8 cm³/mol. The van der Waals surface area contributed by atoms with Crippen LogP contribution in [0.15, 0.2) is 47.7 Å². The van der Waals surface area contributed by atoms with Crippen LogP contribution in [0.25, 0.3) is 22.2 Å². The Kier molecular flexibility index (Phi) is 2.08. The van der Waals surface area contributed by atoms with Crippen molar-refractivity contribution in [2.45, 2.75) is 0 Å². The fourth-order valence-corrected chi connectivity index (χ4v) is 2.10. The maximum atomic E-state index is 11.8. The monoisotopic (exact) mass is 225 g/mol. The van der Waals surface area contributed by atoms with Crippen LogP contribution in [0.4, 0.5) is 0 Å². The van der Waals surface area contributed by atoms with Gasteiger partial charge in [-0.1, -0.05) is 0 Å². The summed E-state index contributed by atoms with van der Waals surface area (Å²) in [5.74, 6) is 0. The molecule has 3 rings (SSSR count). The van der Waals surface area contributed by atoms with Crippen molar-refractivity contribution in [1.82, 2.24) is 14.5 Å². The number of aromatic nitrogens is 3. The molecule has 0 spiro atoms. The smallest absolute Gasteiger partial charge is 0.272 e. The van der Waals surface area contributed by atoms with Crippen molar-refractivity contribution in [2.24, 2.45) is 7.05 Å². The Morgan fingerprint density at radius 3 is 2.94 bits per heavy atom. The predicted octanol–water partition coefficient (Wildman–Crippen LogP) is 1.93. The first kappa shape index (κ1) is 9.84. The van der Waals surface area contributed by atoms with Gasteiger partial charge < -0.3 is 9.55 Å². The normalized spacial score (nSPS) is 10.9. The molecule has 0 saturated carbocycles. The van der Waals surface area contributed by atoms with Gasteiger partial charge in [0.1, 0.15) is 5.52 Å². The number of aromatic amines is 1. The molecular weight excluding hydrogens is 214 g/mol. The summed E-state index contributed by atoms with van der Waals surface area (Å²) in [4.78, 5) is 18.5. The number of rotatable bonds is 1. The molecule has 0 aliphatic rings. The van der Waals surface area contributed by atoms with E-state index in [4.69, 9.17) is 0 Å². The summed E-state index contributed by atoms with van der Waals surface area (Å²) < 4.78 is 1.89. The molecule has 0 radical (unpaired) electrons. The van der Waals surface area contributed by atoms with Crippen LogP contribution in [0.1, 0.15) is 0 Å². The quantitative estimate of drug-likeness (QED) is 0.688. The van der Waals surface area contributed by atoms with Crippen molar-refractivity contribution in [2.75, 3.05) is 0 Å². The van der Waals surface area contributed by atoms with Crippen LogP contribution in [-0.2, 0) is 7.05 Å². The van der Waals surface area contributed by atoms with Crippen LogP contribution >= 0.6 is 0 Å². The van der Waals surface area contributed by atoms with E-state index in [0.29, 0.717) is 5.52 Å². The molecule has 1 N–H and O–H groups in total. The fourth-order valence-electron chi connectivity index (χ4n) is 2.10. The summed E-state index contributed by atoms with van der Waals surface area (Å²) in [7, 11) is 1.89. The second-order valence-electron chi connectivity index (χ2n) is 3.94. The van der Waals surface area contributed by atoms with Crippen molar-refractivity contribution in [1.29, 1.82) is 0 Å². The summed E-state index contributed by atoms with van der Waals surface area (Å²) in [6.07, 6.45) is 5.19. The van der Waals surface area contributed by atoms with E-state index >= 15 is 0 Å². The Labute approximate surface area is 97.6 Å². The first-order chi connectivity index (χ1) is 8.27. The summed E-state index contributed by atoms with van der Waals surface area (Å²) in [6.45, 7) is 0. The molecule has 0 amide bonds. The van der Waals surface area contributed by atoms with Crippen molar-refractivity contribution < 1.29 is 0 Å². The number of hydrogen-bond acceptors (Lipinski definition) is 2. The van der Waals surface area contributed by atoms with E-state index in [1.54, 1.807) is 18.6 Å². The lowest BCUT2D eigenvalue weighted by Crippen LogP contribution is -2.08. The number of H-pyrrole nitrogens is 1. The second kappa shape index (κ2) is 3.59. The number of aryl methyl sites for hydroxylation is 1. The lowest BCUT2D eigenvalue weighted by atomic mass is 10.2. The molecule has 4 heteroatoms. The highest BCUT2D eigenvalue weighted by Crippen LogP contribution is 2.24. The van der Waals surface area contributed by atoms with Crippen molar-refractivity contribution >= 4 is 10.9 Å². The van der Waals surface area contributed by atoms with Gasteiger partial charge in [-0.25, -0.2) is 0 Å². The summed E-state index contributed by atoms with van der Waals surface area (Å²) in [6, 6.07) is 7.77. The molecular formula is C13H11N3O. The summed E-state index contributed by atoms with van der Waals surface area (Å²) >= 11 is 0. The van der Waals surface area contributed by atoms with E-state index in [1.165, 1.54) is 0 Å². The van der Waals surface area contributed by atoms with Gasteiger partial charge in [0.05, 0.1) is 5.69 Å². The summed E-state index contributed by atoms with van der Waals surface area (Å²) in [5, 5.41) is 0.940. The average Bonchev–Trinajstić information content (AvgIpc) is 2.69. The van der Waals surface area contributed by atoms with E-state index in [-0.39, 0.29) is 5.56 Å². The highest BCUT2D eigenvalue weighted by molar-refractivity contribution is 5.85. The van der Waals surface area contributed by atoms with E-state index in [9.17, 15) is 4.79 Å². The number of nitrogens with zero attached hydrogens (tertiary/aromatic N) is 2. The third kappa shape index (κ3) is 1.45. The number of fused-ring (bicyclic) bond motifs is 1. The Morgan fingerprint density at radius 2 is 2.24 bits per heavy atom. The maximum absolute atomic E-state index is 11.8.